The van der Waals surface area contributed by atoms with Crippen molar-refractivity contribution in [2.24, 2.45) is 0 Å². The molecule has 2 aliphatic heterocycles. The normalized spacial score (nSPS) is 27.4. The van der Waals surface area contributed by atoms with Crippen molar-refractivity contribution in [3.05, 3.63) is 0 Å². The molecule has 0 radical (unpaired) electrons. The van der Waals surface area contributed by atoms with E-state index >= 15 is 0 Å². The van der Waals surface area contributed by atoms with E-state index in [2.05, 4.69) is 9.64 Å². The lowest BCUT2D eigenvalue weighted by Gasteiger charge is -2.46. The van der Waals surface area contributed by atoms with Gasteiger partial charge in [0.05, 0.1) is 39.5 Å². The number of hydrogen-bond acceptors (Lipinski definition) is 6. The lowest BCUT2D eigenvalue weighted by Crippen LogP contribution is -2.66. The molecule has 0 saturated carbocycles. The molecule has 0 aromatic rings. The molecule has 2 amide bonds. The number of carbonyl (C=O) groups is 2. The van der Waals surface area contributed by atoms with E-state index in [9.17, 15) is 14.7 Å². The number of carbonyl (C=O) groups excluding carboxylic acids is 2. The van der Waals surface area contributed by atoms with Crippen LogP contribution in [0.3, 0.4) is 0 Å². The Morgan fingerprint density at radius 3 is 2.00 bits per heavy atom. The van der Waals surface area contributed by atoms with E-state index in [-0.39, 0.29) is 19.1 Å². The third kappa shape index (κ3) is 3.38. The molecule has 2 heterocycles. The number of amides is 2. The lowest BCUT2D eigenvalue weighted by atomic mass is 10.0. The number of β-amino-alcohol motifs (C(OH)–C–C–N with tert-alkyl or cyclic N) is 1. The van der Waals surface area contributed by atoms with Gasteiger partial charge in [-0.2, -0.15) is 0 Å². The highest BCUT2D eigenvalue weighted by Crippen LogP contribution is 2.22. The van der Waals surface area contributed by atoms with Crippen molar-refractivity contribution in [2.45, 2.75) is 31.4 Å². The van der Waals surface area contributed by atoms with Gasteiger partial charge in [-0.05, 0) is 25.9 Å². The van der Waals surface area contributed by atoms with Crippen LogP contribution in [0.25, 0.3) is 0 Å². The highest BCUT2D eigenvalue weighted by molar-refractivity contribution is 5.74. The average molecular weight is 301 g/mol. The predicted octanol–water partition coefficient (Wildman–Crippen LogP) is 0.267. The Morgan fingerprint density at radius 2 is 1.48 bits per heavy atom. The second-order valence-electron chi connectivity index (χ2n) is 5.34. The zero-order chi connectivity index (χ0) is 15.4. The number of piperidine rings is 1. The largest absolute Gasteiger partial charge is 0.452 e. The molecule has 0 unspecified atom stereocenters. The lowest BCUT2D eigenvalue weighted by molar-refractivity contribution is -0.105. The first-order chi connectivity index (χ1) is 10.1. The Balaban J connectivity index is 2.13. The molecule has 2 aliphatic rings. The highest BCUT2D eigenvalue weighted by Gasteiger charge is 2.42. The molecule has 0 aliphatic carbocycles. The van der Waals surface area contributed by atoms with E-state index in [0.29, 0.717) is 0 Å². The molecule has 2 fully saturated rings. The summed E-state index contributed by atoms with van der Waals surface area (Å²) in [6.45, 7) is 2.02. The van der Waals surface area contributed by atoms with Crippen molar-refractivity contribution >= 4 is 12.2 Å². The third-order valence-corrected chi connectivity index (χ3v) is 4.09. The number of ether oxygens (including phenoxy) is 2. The number of aliphatic hydroxyl groups is 1. The van der Waals surface area contributed by atoms with Crippen molar-refractivity contribution in [3.8, 4) is 0 Å². The van der Waals surface area contributed by atoms with Gasteiger partial charge in [0.15, 0.2) is 0 Å². The van der Waals surface area contributed by atoms with Gasteiger partial charge < -0.3 is 14.6 Å². The molecule has 2 atom stereocenters. The fourth-order valence-electron chi connectivity index (χ4n) is 2.96. The number of hydrogen-bond donors (Lipinski definition) is 1. The smallest absolute Gasteiger partial charge is 0.428 e. The summed E-state index contributed by atoms with van der Waals surface area (Å²) in [5.41, 5.74) is 0. The van der Waals surface area contributed by atoms with Crippen molar-refractivity contribution < 1.29 is 24.2 Å². The van der Waals surface area contributed by atoms with Gasteiger partial charge in [-0.1, -0.05) is 6.42 Å². The Kier molecular flexibility index (Phi) is 5.24. The van der Waals surface area contributed by atoms with E-state index in [1.54, 1.807) is 0 Å². The maximum Gasteiger partial charge on any atom is 0.428 e. The van der Waals surface area contributed by atoms with E-state index in [4.69, 9.17) is 4.74 Å². The van der Waals surface area contributed by atoms with Crippen molar-refractivity contribution in [1.29, 1.82) is 0 Å². The summed E-state index contributed by atoms with van der Waals surface area (Å²) in [6.07, 6.45) is 1.33. The van der Waals surface area contributed by atoms with Gasteiger partial charge in [-0.15, -0.1) is 0 Å². The Labute approximate surface area is 124 Å². The minimum atomic E-state index is -0.719. The third-order valence-electron chi connectivity index (χ3n) is 4.09. The zero-order valence-corrected chi connectivity index (χ0v) is 12.5. The molecule has 120 valence electrons. The predicted molar refractivity (Wildman–Crippen MR) is 73.4 cm³/mol. The van der Waals surface area contributed by atoms with Gasteiger partial charge in [0, 0.05) is 0 Å². The van der Waals surface area contributed by atoms with Crippen LogP contribution in [0.15, 0.2) is 0 Å². The molecule has 8 heteroatoms. The number of aliphatic hydroxyl groups excluding tert-OH is 1. The van der Waals surface area contributed by atoms with Crippen molar-refractivity contribution in [3.63, 3.8) is 0 Å². The van der Waals surface area contributed by atoms with Gasteiger partial charge in [0.25, 0.3) is 0 Å². The number of methoxy groups -OCH3 is 2. The summed E-state index contributed by atoms with van der Waals surface area (Å²) < 4.78 is 9.38. The maximum atomic E-state index is 11.9. The molecule has 0 aromatic heterocycles. The molecule has 2 saturated heterocycles. The van der Waals surface area contributed by atoms with Crippen LogP contribution in [0.5, 0.6) is 0 Å². The molecular weight excluding hydrogens is 278 g/mol. The minimum absolute atomic E-state index is 0.0168. The van der Waals surface area contributed by atoms with Gasteiger partial charge in [-0.25, -0.2) is 19.6 Å². The molecule has 0 spiro atoms. The van der Waals surface area contributed by atoms with Crippen molar-refractivity contribution in [1.82, 2.24) is 14.9 Å². The molecule has 1 N–H and O–H groups in total. The van der Waals surface area contributed by atoms with Gasteiger partial charge >= 0.3 is 12.2 Å². The van der Waals surface area contributed by atoms with Gasteiger partial charge in [0.1, 0.15) is 0 Å². The SMILES string of the molecule is COC(=O)N1C[C@H](O)[C@@H](N2CCCCC2)CN1C(=O)OC. The van der Waals surface area contributed by atoms with Crippen LogP contribution >= 0.6 is 0 Å². The standard InChI is InChI=1S/C13H23N3O5/c1-20-12(18)15-8-10(14-6-4-3-5-7-14)11(17)9-16(15)13(19)21-2/h10-11,17H,3-9H2,1-2H3/t10-,11-/m0/s1. The summed E-state index contributed by atoms with van der Waals surface area (Å²) in [4.78, 5) is 25.8. The van der Waals surface area contributed by atoms with Crippen LogP contribution in [0, 0.1) is 0 Å². The topological polar surface area (TPSA) is 82.5 Å². The van der Waals surface area contributed by atoms with Crippen LogP contribution in [0.1, 0.15) is 19.3 Å². The first-order valence-corrected chi connectivity index (χ1v) is 7.21. The molecule has 0 bridgehead atoms. The first-order valence-electron chi connectivity index (χ1n) is 7.21. The van der Waals surface area contributed by atoms with Crippen LogP contribution in [-0.2, 0) is 9.47 Å². The monoisotopic (exact) mass is 301 g/mol. The van der Waals surface area contributed by atoms with Crippen molar-refractivity contribution in [2.75, 3.05) is 40.4 Å². The summed E-state index contributed by atoms with van der Waals surface area (Å²) in [5.74, 6) is 0. The average Bonchev–Trinajstić information content (AvgIpc) is 2.53. The zero-order valence-electron chi connectivity index (χ0n) is 12.5. The number of likely N-dealkylation sites (tertiary alicyclic amines) is 1. The van der Waals surface area contributed by atoms with Crippen LogP contribution in [0.4, 0.5) is 9.59 Å². The second-order valence-corrected chi connectivity index (χ2v) is 5.34. The Hall–Kier alpha value is -1.54. The molecule has 8 nitrogen and oxygen atoms in total. The van der Waals surface area contributed by atoms with Crippen LogP contribution in [-0.4, -0.2) is 84.8 Å². The summed E-state index contributed by atoms with van der Waals surface area (Å²) in [6, 6.07) is -0.190. The van der Waals surface area contributed by atoms with E-state index in [0.717, 1.165) is 30.9 Å². The number of hydrazine groups is 1. The van der Waals surface area contributed by atoms with E-state index in [1.807, 2.05) is 0 Å². The minimum Gasteiger partial charge on any atom is -0.452 e. The summed E-state index contributed by atoms with van der Waals surface area (Å²) in [7, 11) is 2.50. The van der Waals surface area contributed by atoms with Gasteiger partial charge in [0.2, 0.25) is 0 Å². The first kappa shape index (κ1) is 15.8. The molecule has 2 rings (SSSR count). The fourth-order valence-corrected chi connectivity index (χ4v) is 2.96. The molecular formula is C13H23N3O5. The fraction of sp³-hybridized carbons (Fsp3) is 0.846. The summed E-state index contributed by atoms with van der Waals surface area (Å²) >= 11 is 0. The summed E-state index contributed by atoms with van der Waals surface area (Å²) in [5, 5.41) is 12.6. The van der Waals surface area contributed by atoms with E-state index in [1.165, 1.54) is 25.6 Å². The highest BCUT2D eigenvalue weighted by atomic mass is 16.6. The molecule has 0 aromatic carbocycles. The number of nitrogens with zero attached hydrogens (tertiary/aromatic N) is 3. The quantitative estimate of drug-likeness (QED) is 0.748. The Bertz CT molecular complexity index is 386. The van der Waals surface area contributed by atoms with Gasteiger partial charge in [-0.3, -0.25) is 4.90 Å². The number of rotatable bonds is 1. The Morgan fingerprint density at radius 1 is 0.952 bits per heavy atom. The van der Waals surface area contributed by atoms with E-state index < -0.39 is 18.3 Å². The second kappa shape index (κ2) is 6.95. The maximum absolute atomic E-state index is 11.9. The molecule has 21 heavy (non-hydrogen) atoms. The van der Waals surface area contributed by atoms with Crippen LogP contribution in [0.2, 0.25) is 0 Å². The van der Waals surface area contributed by atoms with Crippen LogP contribution < -0.4 is 0 Å².